The number of aliphatic hydroxyl groups is 1. The third-order valence-electron chi connectivity index (χ3n) is 18.8. The van der Waals surface area contributed by atoms with Gasteiger partial charge in [0.25, 0.3) is 0 Å². The molecule has 43 nitrogen and oxygen atoms in total. The predicted octanol–water partition coefficient (Wildman–Crippen LogP) is -6.85. The van der Waals surface area contributed by atoms with Crippen LogP contribution in [-0.2, 0) is 104 Å². The van der Waals surface area contributed by atoms with Crippen LogP contribution in [-0.4, -0.2) is 334 Å². The summed E-state index contributed by atoms with van der Waals surface area (Å²) in [5, 5.41) is 89.2. The van der Waals surface area contributed by atoms with E-state index in [1.165, 1.54) is 53.4 Å². The Morgan fingerprint density at radius 3 is 1.46 bits per heavy atom. The second kappa shape index (κ2) is 63.4. The molecule has 2 saturated heterocycles. The Kier molecular flexibility index (Phi) is 60.1. The normalized spacial score (nSPS) is 18.7. The fourth-order valence-corrected chi connectivity index (χ4v) is 15.0. The maximum atomic E-state index is 15.3. The van der Waals surface area contributed by atoms with Gasteiger partial charge < -0.3 is 162 Å². The Morgan fingerprint density at radius 2 is 0.992 bits per heavy atom. The molecule has 2 fully saturated rings. The van der Waals surface area contributed by atoms with Crippen LogP contribution < -0.4 is 79.8 Å². The van der Waals surface area contributed by atoms with Crippen molar-refractivity contribution < 1.29 is 276 Å². The summed E-state index contributed by atoms with van der Waals surface area (Å²) in [6, 6.07) is -6.81. The van der Waals surface area contributed by atoms with Crippen molar-refractivity contribution in [1.29, 1.82) is 0 Å². The van der Waals surface area contributed by atoms with Crippen LogP contribution in [0, 0.1) is 199 Å². The standard InChI is InChI=1S/C78H115N19O24S2.4Gd/c1-43(2)32-58(86-65(107)40-96(30-25-81-48(8)101)31-26-82-49(9)102)78(121)97-27-11-12-61(97)74(117)91-59-41-122-123-42-60(77(120)94(10)62(33-44(3)4)75(118)90-56(36-66(108)109)69(112)84-22-21-83-64(106)39-95(28-23-79-46(6)99)29-24-80-47(7)100)92-76(119)68(45(5)98)93-63(105)38-85-70(113)54(34-50-13-17-52(103)18-14-50)87-71(114)55(35-51-15-19-53(104)20-16-51)88-72(115)57(37-67(110)111)89-73(59)116;;;;/h13-20,43-45,54-62,68,98,103-104H,6-9,11-12,21-42H2,1-5,10H3,(H,79,99)(H,80,100)(H,81,101)(H,82,102)(H,83,106)(H,84,112)(H,85,113)(H,86,107)(H,87,114)(H,88,115)(H,89,116)(H,90,118)(H,91,117)(H,92,119)(H,93,105)(H,108,109)(H,110,111);;;;/q-4;;;;/t45?,54-,55-,56-,57-,58?,59-,60-,61-,62-,68-;;;;/m0..../s1. The number of hydrogen-bond acceptors (Lipinski definition) is 26. The van der Waals surface area contributed by atoms with Gasteiger partial charge in [-0.05, 0) is 79.8 Å². The van der Waals surface area contributed by atoms with Crippen LogP contribution in [0.1, 0.15) is 84.3 Å². The van der Waals surface area contributed by atoms with E-state index < -0.39 is 222 Å². The topological polar surface area (TPSA) is 619 Å². The first kappa shape index (κ1) is 120. The third kappa shape index (κ3) is 47.3. The Bertz CT molecular complexity index is 3980. The van der Waals surface area contributed by atoms with Gasteiger partial charge in [-0.3, -0.25) is 81.7 Å². The van der Waals surface area contributed by atoms with Gasteiger partial charge in [-0.15, -0.1) is 0 Å². The zero-order valence-electron chi connectivity index (χ0n) is 70.9. The summed E-state index contributed by atoms with van der Waals surface area (Å²) in [5.41, 5.74) is 0.577. The molecule has 2 heterocycles. The number of rotatable bonds is 41. The number of nitrogens with zero attached hydrogens (tertiary/aromatic N) is 4. The van der Waals surface area contributed by atoms with Gasteiger partial charge in [0, 0.05) is 263 Å². The molecule has 20 N–H and O–H groups in total. The zero-order valence-corrected chi connectivity index (χ0v) is 81.6. The van der Waals surface area contributed by atoms with E-state index in [-0.39, 0.29) is 300 Å². The van der Waals surface area contributed by atoms with E-state index in [2.05, 4.69) is 107 Å². The second-order valence-electron chi connectivity index (χ2n) is 30.0. The molecule has 0 bridgehead atoms. The summed E-state index contributed by atoms with van der Waals surface area (Å²) < 4.78 is 0. The maximum Gasteiger partial charge on any atom is 0.305 e. The average Bonchev–Trinajstić information content (AvgIpc) is 1.61. The molecule has 2 aromatic rings. The van der Waals surface area contributed by atoms with E-state index in [1.807, 2.05) is 0 Å². The monoisotopic (exact) mass is 2400 g/mol. The molecule has 127 heavy (non-hydrogen) atoms. The number of aromatic hydroxyl groups is 2. The molecule has 0 radical (unpaired) electrons. The Labute approximate surface area is 872 Å². The molecule has 49 heteroatoms. The van der Waals surface area contributed by atoms with Crippen LogP contribution in [0.25, 0.3) is 0 Å². The van der Waals surface area contributed by atoms with Crippen LogP contribution in [0.3, 0.4) is 0 Å². The molecule has 11 atom stereocenters. The predicted molar refractivity (Wildman–Crippen MR) is 446 cm³/mol. The van der Waals surface area contributed by atoms with E-state index in [9.17, 15) is 102 Å². The van der Waals surface area contributed by atoms with Crippen molar-refractivity contribution in [3.05, 3.63) is 87.4 Å². The molecule has 2 aliphatic rings. The minimum absolute atomic E-state index is 0. The second-order valence-corrected chi connectivity index (χ2v) is 32.6. The molecule has 0 saturated carbocycles. The average molecular weight is 2400 g/mol. The van der Waals surface area contributed by atoms with Crippen molar-refractivity contribution >= 4 is 134 Å². The van der Waals surface area contributed by atoms with Crippen LogP contribution in [0.15, 0.2) is 48.5 Å². The number of phenols is 2. The molecule has 0 aliphatic carbocycles. The number of amides is 17. The Balaban J connectivity index is 0.0000397. The summed E-state index contributed by atoms with van der Waals surface area (Å²) >= 11 is 0. The van der Waals surface area contributed by atoms with Crippen LogP contribution in [0.5, 0.6) is 11.5 Å². The van der Waals surface area contributed by atoms with Gasteiger partial charge in [-0.1, -0.05) is 73.5 Å². The van der Waals surface area contributed by atoms with E-state index in [0.717, 1.165) is 40.5 Å². The number of benzene rings is 2. The molecule has 2 aliphatic heterocycles. The number of phenolic OH excluding ortho intramolecular Hbond substituents is 2. The minimum Gasteiger partial charge on any atom is -0.508 e. The number of likely N-dealkylation sites (N-methyl/N-ethyl adjacent to an activating group) is 1. The summed E-state index contributed by atoms with van der Waals surface area (Å²) in [4.78, 5) is 265. The first-order chi connectivity index (χ1) is 58.0. The maximum absolute atomic E-state index is 15.3. The van der Waals surface area contributed by atoms with Gasteiger partial charge in [0.1, 0.15) is 71.9 Å². The van der Waals surface area contributed by atoms with Gasteiger partial charge in [0.15, 0.2) is 0 Å². The number of carboxylic acid groups (broad SMARTS) is 2. The van der Waals surface area contributed by atoms with Crippen LogP contribution >= 0.6 is 21.6 Å². The van der Waals surface area contributed by atoms with Crippen molar-refractivity contribution in [1.82, 2.24) is 99.4 Å². The molecule has 4 rings (SSSR count). The number of nitrogens with one attached hydrogen (secondary N) is 15. The van der Waals surface area contributed by atoms with E-state index in [1.54, 1.807) is 37.5 Å². The fourth-order valence-electron chi connectivity index (χ4n) is 12.7. The molecule has 714 valence electrons. The smallest absolute Gasteiger partial charge is 0.305 e. The molecule has 0 spiro atoms. The zero-order chi connectivity index (χ0) is 91.7. The number of carboxylic acids is 2. The van der Waals surface area contributed by atoms with Crippen molar-refractivity contribution in [2.75, 3.05) is 110 Å². The van der Waals surface area contributed by atoms with Crippen molar-refractivity contribution in [3.63, 3.8) is 0 Å². The van der Waals surface area contributed by atoms with Crippen molar-refractivity contribution in [2.45, 2.75) is 153 Å². The summed E-state index contributed by atoms with van der Waals surface area (Å²) in [6.45, 7) is 19.6. The van der Waals surface area contributed by atoms with E-state index in [0.29, 0.717) is 5.56 Å². The minimum atomic E-state index is -2.12. The van der Waals surface area contributed by atoms with Gasteiger partial charge in [0.2, 0.25) is 76.8 Å². The molecular formula is C78H115Gd4N19O24S2-4. The van der Waals surface area contributed by atoms with Crippen LogP contribution in [0.4, 0.5) is 0 Å². The first-order valence-electron chi connectivity index (χ1n) is 39.6. The number of carbonyl (C=O) groups excluding carboxylic acids is 17. The third-order valence-corrected chi connectivity index (χ3v) is 21.2. The number of hydrogen-bond donors (Lipinski definition) is 20. The molecule has 0 aromatic heterocycles. The fraction of sp³-hybridized carbons (Fsp3) is 0.551. The summed E-state index contributed by atoms with van der Waals surface area (Å²) in [5.74, 6) is -21.3. The number of aliphatic carboxylic acids is 2. The van der Waals surface area contributed by atoms with Gasteiger partial charge >= 0.3 is 11.9 Å². The largest absolute Gasteiger partial charge is 0.508 e. The Morgan fingerprint density at radius 1 is 0.528 bits per heavy atom. The van der Waals surface area contributed by atoms with E-state index >= 15 is 14.4 Å². The van der Waals surface area contributed by atoms with Crippen molar-refractivity contribution in [3.8, 4) is 11.5 Å². The number of carbonyl (C=O) groups is 19. The SMILES string of the molecule is [CH2-]C(=O)NCCN(CCNC([CH2-])=O)CC(=O)NCCNC(=O)[C@H](CC(=O)O)NC(=O)[C@H](CC(C)C)N(C)C(=O)[C@@H]1CSSC[C@H](NC(=O)[C@@H]2CCCN2C(=O)C(CC(C)C)NC(=O)CN(CCNC([CH2-])=O)CCNC([CH2-])=O)C(=O)N[C@@H](CC(=O)O)C(=O)N[C@@H](Cc2ccc(O)cc2)C(=O)N[C@@H](Cc2ccc(O)cc2)C(=O)NCC(=O)N[C@@H](C(C)O)C(=O)N1.[Gd].[Gd].[Gd].[Gd]. The molecular weight excluding hydrogens is 2280 g/mol. The van der Waals surface area contributed by atoms with Gasteiger partial charge in [-0.2, -0.15) is 0 Å². The number of likely N-dealkylation sites (tertiary alicyclic amines) is 1. The summed E-state index contributed by atoms with van der Waals surface area (Å²) in [7, 11) is 2.57. The molecule has 2 unspecified atom stereocenters. The van der Waals surface area contributed by atoms with Gasteiger partial charge in [-0.25, -0.2) is 0 Å². The summed E-state index contributed by atoms with van der Waals surface area (Å²) in [6.07, 6.45) is -4.87. The first-order valence-corrected chi connectivity index (χ1v) is 42.1. The van der Waals surface area contributed by atoms with Crippen LogP contribution in [0.2, 0.25) is 0 Å². The van der Waals surface area contributed by atoms with Crippen molar-refractivity contribution in [2.24, 2.45) is 11.8 Å². The quantitative estimate of drug-likeness (QED) is 0.0167. The number of aliphatic hydroxyl groups excluding tert-OH is 1. The Hall–Kier alpha value is -6.67. The van der Waals surface area contributed by atoms with E-state index in [4.69, 9.17) is 0 Å². The van der Waals surface area contributed by atoms with Gasteiger partial charge in [0.05, 0.1) is 62.2 Å². The molecule has 17 amide bonds. The molecule has 2 aromatic carbocycles.